The highest BCUT2D eigenvalue weighted by Gasteiger charge is 2.30. The summed E-state index contributed by atoms with van der Waals surface area (Å²) in [6, 6.07) is 9.23. The molecule has 2 rings (SSSR count). The Labute approximate surface area is 131 Å². The highest BCUT2D eigenvalue weighted by molar-refractivity contribution is 14.1. The lowest BCUT2D eigenvalue weighted by molar-refractivity contribution is -0.137. The van der Waals surface area contributed by atoms with Crippen molar-refractivity contribution in [1.82, 2.24) is 0 Å². The van der Waals surface area contributed by atoms with Crippen LogP contribution in [0.5, 0.6) is 0 Å². The van der Waals surface area contributed by atoms with Crippen LogP contribution in [0.4, 0.5) is 24.5 Å². The largest absolute Gasteiger partial charge is 0.478 e. The topological polar surface area (TPSA) is 49.3 Å². The van der Waals surface area contributed by atoms with Gasteiger partial charge in [0.1, 0.15) is 0 Å². The molecule has 3 nitrogen and oxygen atoms in total. The van der Waals surface area contributed by atoms with Crippen LogP contribution in [0.3, 0.4) is 0 Å². The van der Waals surface area contributed by atoms with Crippen molar-refractivity contribution in [3.05, 3.63) is 57.2 Å². The van der Waals surface area contributed by atoms with Gasteiger partial charge in [-0.05, 0) is 59.0 Å². The molecule has 0 amide bonds. The lowest BCUT2D eigenvalue weighted by Crippen LogP contribution is -2.06. The number of carboxylic acid groups (broad SMARTS) is 1. The average Bonchev–Trinajstić information content (AvgIpc) is 2.40. The molecular formula is C14H9F3INO2. The molecule has 0 atom stereocenters. The molecule has 0 saturated carbocycles. The van der Waals surface area contributed by atoms with E-state index in [0.29, 0.717) is 0 Å². The molecule has 0 aromatic heterocycles. The zero-order valence-electron chi connectivity index (χ0n) is 10.4. The third-order valence-corrected chi connectivity index (χ3v) is 3.35. The Balaban J connectivity index is 2.37. The van der Waals surface area contributed by atoms with E-state index in [9.17, 15) is 18.0 Å². The van der Waals surface area contributed by atoms with Crippen LogP contribution < -0.4 is 5.32 Å². The highest BCUT2D eigenvalue weighted by atomic mass is 127. The highest BCUT2D eigenvalue weighted by Crippen LogP contribution is 2.32. The Morgan fingerprint density at radius 1 is 1.14 bits per heavy atom. The lowest BCUT2D eigenvalue weighted by atomic mass is 10.1. The second-order valence-corrected chi connectivity index (χ2v) is 5.44. The second-order valence-electron chi connectivity index (χ2n) is 4.20. The van der Waals surface area contributed by atoms with Crippen molar-refractivity contribution in [1.29, 1.82) is 0 Å². The molecule has 0 radical (unpaired) electrons. The first-order valence-electron chi connectivity index (χ1n) is 5.74. The van der Waals surface area contributed by atoms with Gasteiger partial charge in [0.2, 0.25) is 0 Å². The van der Waals surface area contributed by atoms with Gasteiger partial charge in [-0.3, -0.25) is 0 Å². The molecule has 0 aliphatic rings. The molecule has 7 heteroatoms. The number of benzene rings is 2. The van der Waals surface area contributed by atoms with Crippen LogP contribution in [-0.2, 0) is 6.18 Å². The van der Waals surface area contributed by atoms with E-state index in [2.05, 4.69) is 5.32 Å². The predicted octanol–water partition coefficient (Wildman–Crippen LogP) is 4.75. The summed E-state index contributed by atoms with van der Waals surface area (Å²) in [6.45, 7) is 0. The fourth-order valence-corrected chi connectivity index (χ4v) is 2.22. The van der Waals surface area contributed by atoms with Crippen LogP contribution >= 0.6 is 22.6 Å². The quantitative estimate of drug-likeness (QED) is 0.723. The summed E-state index contributed by atoms with van der Waals surface area (Å²) in [5.74, 6) is -1.15. The molecule has 0 aliphatic heterocycles. The van der Waals surface area contributed by atoms with E-state index in [1.807, 2.05) is 22.6 Å². The first kappa shape index (κ1) is 15.6. The molecular weight excluding hydrogens is 398 g/mol. The zero-order valence-corrected chi connectivity index (χ0v) is 12.6. The number of nitrogens with one attached hydrogen (secondary N) is 1. The maximum atomic E-state index is 12.6. The summed E-state index contributed by atoms with van der Waals surface area (Å²) < 4.78 is 38.7. The molecule has 0 heterocycles. The first-order valence-corrected chi connectivity index (χ1v) is 6.82. The van der Waals surface area contributed by atoms with E-state index >= 15 is 0 Å². The minimum atomic E-state index is -4.45. The summed E-state index contributed by atoms with van der Waals surface area (Å²) in [7, 11) is 0. The van der Waals surface area contributed by atoms with E-state index < -0.39 is 17.7 Å². The van der Waals surface area contributed by atoms with E-state index in [-0.39, 0.29) is 16.9 Å². The van der Waals surface area contributed by atoms with Gasteiger partial charge < -0.3 is 10.4 Å². The van der Waals surface area contributed by atoms with Crippen molar-refractivity contribution in [2.24, 2.45) is 0 Å². The predicted molar refractivity (Wildman–Crippen MR) is 80.8 cm³/mol. The molecule has 21 heavy (non-hydrogen) atoms. The van der Waals surface area contributed by atoms with Gasteiger partial charge in [-0.25, -0.2) is 4.79 Å². The summed E-state index contributed by atoms with van der Waals surface area (Å²) in [5.41, 5.74) is -0.384. The smallest absolute Gasteiger partial charge is 0.416 e. The van der Waals surface area contributed by atoms with Crippen molar-refractivity contribution < 1.29 is 23.1 Å². The van der Waals surface area contributed by atoms with Crippen molar-refractivity contribution in [2.45, 2.75) is 6.18 Å². The van der Waals surface area contributed by atoms with Crippen molar-refractivity contribution in [2.75, 3.05) is 5.32 Å². The number of alkyl halides is 3. The average molecular weight is 407 g/mol. The molecule has 0 unspecified atom stereocenters. The van der Waals surface area contributed by atoms with Crippen molar-refractivity contribution >= 4 is 39.9 Å². The summed E-state index contributed by atoms with van der Waals surface area (Å²) in [6.07, 6.45) is -4.45. The monoisotopic (exact) mass is 407 g/mol. The van der Waals surface area contributed by atoms with Gasteiger partial charge in [0, 0.05) is 9.26 Å². The summed E-state index contributed by atoms with van der Waals surface area (Å²) >= 11 is 1.96. The first-order chi connectivity index (χ1) is 9.77. The number of carbonyl (C=O) groups is 1. The Bertz CT molecular complexity index is 686. The van der Waals surface area contributed by atoms with Crippen molar-refractivity contribution in [3.8, 4) is 0 Å². The molecule has 2 aromatic carbocycles. The minimum Gasteiger partial charge on any atom is -0.478 e. The van der Waals surface area contributed by atoms with Gasteiger partial charge in [-0.15, -0.1) is 0 Å². The van der Waals surface area contributed by atoms with Crippen LogP contribution in [-0.4, -0.2) is 11.1 Å². The molecule has 0 spiro atoms. The van der Waals surface area contributed by atoms with Crippen molar-refractivity contribution in [3.63, 3.8) is 0 Å². The Morgan fingerprint density at radius 3 is 2.48 bits per heavy atom. The van der Waals surface area contributed by atoms with E-state index in [0.717, 1.165) is 15.7 Å². The Kier molecular flexibility index (Phi) is 4.40. The molecule has 0 fully saturated rings. The fourth-order valence-electron chi connectivity index (χ4n) is 1.73. The maximum Gasteiger partial charge on any atom is 0.416 e. The Hall–Kier alpha value is -1.77. The number of rotatable bonds is 3. The van der Waals surface area contributed by atoms with E-state index in [4.69, 9.17) is 5.11 Å². The number of halogens is 4. The van der Waals surface area contributed by atoms with Crippen LogP contribution in [0.25, 0.3) is 0 Å². The van der Waals surface area contributed by atoms with Crippen LogP contribution in [0, 0.1) is 3.57 Å². The van der Waals surface area contributed by atoms with Gasteiger partial charge in [0.25, 0.3) is 0 Å². The standard InChI is InChI=1S/C14H9F3INO2/c15-14(16,17)8-2-1-3-10(6-8)19-12-5-4-9(18)7-11(12)13(20)21/h1-7,19H,(H,20,21). The number of anilines is 2. The number of hydrogen-bond donors (Lipinski definition) is 2. The van der Waals surface area contributed by atoms with Gasteiger partial charge in [0.15, 0.2) is 0 Å². The third kappa shape index (κ3) is 3.87. The molecule has 2 N–H and O–H groups in total. The third-order valence-electron chi connectivity index (χ3n) is 2.68. The van der Waals surface area contributed by atoms with Gasteiger partial charge in [-0.2, -0.15) is 13.2 Å². The molecule has 110 valence electrons. The van der Waals surface area contributed by atoms with E-state index in [1.165, 1.54) is 24.3 Å². The van der Waals surface area contributed by atoms with Gasteiger partial charge >= 0.3 is 12.1 Å². The SMILES string of the molecule is O=C(O)c1cc(I)ccc1Nc1cccc(C(F)(F)F)c1. The minimum absolute atomic E-state index is 0.000637. The number of hydrogen-bond acceptors (Lipinski definition) is 2. The normalized spacial score (nSPS) is 11.2. The maximum absolute atomic E-state index is 12.6. The Morgan fingerprint density at radius 2 is 1.86 bits per heavy atom. The number of aromatic carboxylic acids is 1. The molecule has 0 saturated heterocycles. The fraction of sp³-hybridized carbons (Fsp3) is 0.0714. The van der Waals surface area contributed by atoms with Gasteiger partial charge in [-0.1, -0.05) is 6.07 Å². The van der Waals surface area contributed by atoms with Crippen LogP contribution in [0.1, 0.15) is 15.9 Å². The van der Waals surface area contributed by atoms with Gasteiger partial charge in [0.05, 0.1) is 16.8 Å². The molecule has 2 aromatic rings. The van der Waals surface area contributed by atoms with Crippen LogP contribution in [0.2, 0.25) is 0 Å². The number of carboxylic acids is 1. The van der Waals surface area contributed by atoms with Crippen LogP contribution in [0.15, 0.2) is 42.5 Å². The molecule has 0 bridgehead atoms. The summed E-state index contributed by atoms with van der Waals surface area (Å²) in [4.78, 5) is 11.2. The lowest BCUT2D eigenvalue weighted by Gasteiger charge is -2.12. The second kappa shape index (κ2) is 5.92. The molecule has 0 aliphatic carbocycles. The van der Waals surface area contributed by atoms with E-state index in [1.54, 1.807) is 6.07 Å². The summed E-state index contributed by atoms with van der Waals surface area (Å²) in [5, 5.41) is 11.8. The zero-order chi connectivity index (χ0) is 15.6.